The van der Waals surface area contributed by atoms with Crippen molar-refractivity contribution in [3.63, 3.8) is 0 Å². The van der Waals surface area contributed by atoms with E-state index in [0.29, 0.717) is 6.42 Å². The molecule has 2 rings (SSSR count). The molecule has 0 bridgehead atoms. The third-order valence-corrected chi connectivity index (χ3v) is 3.01. The van der Waals surface area contributed by atoms with Crippen molar-refractivity contribution in [2.45, 2.75) is 38.4 Å². The second-order valence-electron chi connectivity index (χ2n) is 4.49. The lowest BCUT2D eigenvalue weighted by Gasteiger charge is -2.30. The van der Waals surface area contributed by atoms with Gasteiger partial charge in [-0.1, -0.05) is 0 Å². The fourth-order valence-corrected chi connectivity index (χ4v) is 2.36. The van der Waals surface area contributed by atoms with Crippen molar-refractivity contribution in [3.05, 3.63) is 30.1 Å². The van der Waals surface area contributed by atoms with Crippen LogP contribution in [0.4, 0.5) is 0 Å². The number of carbonyl (C=O) groups excluding carboxylic acids is 1. The molecule has 1 aromatic heterocycles. The molecule has 1 amide bonds. The molecule has 1 aromatic rings. The van der Waals surface area contributed by atoms with E-state index in [-0.39, 0.29) is 24.0 Å². The minimum Gasteiger partial charge on any atom is -0.332 e. The Morgan fingerprint density at radius 2 is 2.06 bits per heavy atom. The summed E-state index contributed by atoms with van der Waals surface area (Å²) in [7, 11) is 0. The van der Waals surface area contributed by atoms with Crippen molar-refractivity contribution in [1.29, 1.82) is 0 Å². The zero-order valence-corrected chi connectivity index (χ0v) is 9.63. The largest absolute Gasteiger partial charge is 0.332 e. The summed E-state index contributed by atoms with van der Waals surface area (Å²) < 4.78 is 0. The Kier molecular flexibility index (Phi) is 2.92. The number of aromatic nitrogens is 1. The van der Waals surface area contributed by atoms with Gasteiger partial charge in [0.15, 0.2) is 0 Å². The quantitative estimate of drug-likeness (QED) is 0.810. The van der Waals surface area contributed by atoms with Gasteiger partial charge in [-0.3, -0.25) is 9.78 Å². The van der Waals surface area contributed by atoms with Gasteiger partial charge in [-0.05, 0) is 31.5 Å². The maximum Gasteiger partial charge on any atom is 0.225 e. The Labute approximate surface area is 95.5 Å². The molecule has 0 radical (unpaired) electrons. The summed E-state index contributed by atoms with van der Waals surface area (Å²) >= 11 is 0. The number of likely N-dealkylation sites (tertiary alicyclic amines) is 1. The summed E-state index contributed by atoms with van der Waals surface area (Å²) in [6.07, 6.45) is 3.91. The van der Waals surface area contributed by atoms with Gasteiger partial charge in [0.25, 0.3) is 0 Å². The summed E-state index contributed by atoms with van der Waals surface area (Å²) in [5.41, 5.74) is 7.12. The van der Waals surface area contributed by atoms with E-state index < -0.39 is 0 Å². The van der Waals surface area contributed by atoms with Crippen molar-refractivity contribution in [2.24, 2.45) is 5.73 Å². The molecule has 4 heteroatoms. The zero-order chi connectivity index (χ0) is 11.7. The van der Waals surface area contributed by atoms with E-state index in [0.717, 1.165) is 5.56 Å². The lowest BCUT2D eigenvalue weighted by molar-refractivity contribution is -0.130. The summed E-state index contributed by atoms with van der Waals surface area (Å²) in [6, 6.07) is 3.92. The van der Waals surface area contributed by atoms with Crippen LogP contribution in [0.5, 0.6) is 0 Å². The minimum absolute atomic E-state index is 0.00417. The molecule has 1 aliphatic rings. The SMILES string of the molecule is CC(C)N1C(=O)CC(N)C1c1ccncc1. The molecule has 0 aliphatic carbocycles. The van der Waals surface area contributed by atoms with E-state index in [4.69, 9.17) is 5.73 Å². The smallest absolute Gasteiger partial charge is 0.225 e. The lowest BCUT2D eigenvalue weighted by Crippen LogP contribution is -2.37. The molecule has 2 N–H and O–H groups in total. The van der Waals surface area contributed by atoms with Crippen molar-refractivity contribution >= 4 is 5.91 Å². The molecule has 0 aromatic carbocycles. The summed E-state index contributed by atoms with van der Waals surface area (Å²) in [6.45, 7) is 4.04. The summed E-state index contributed by atoms with van der Waals surface area (Å²) in [5, 5.41) is 0. The van der Waals surface area contributed by atoms with E-state index in [1.807, 2.05) is 30.9 Å². The van der Waals surface area contributed by atoms with Crippen molar-refractivity contribution < 1.29 is 4.79 Å². The van der Waals surface area contributed by atoms with Gasteiger partial charge in [0, 0.05) is 30.9 Å². The van der Waals surface area contributed by atoms with E-state index in [1.165, 1.54) is 0 Å². The monoisotopic (exact) mass is 219 g/mol. The van der Waals surface area contributed by atoms with Crippen LogP contribution >= 0.6 is 0 Å². The molecule has 2 heterocycles. The van der Waals surface area contributed by atoms with Gasteiger partial charge < -0.3 is 10.6 Å². The van der Waals surface area contributed by atoms with Crippen LogP contribution in [0, 0.1) is 0 Å². The topological polar surface area (TPSA) is 59.2 Å². The molecule has 0 spiro atoms. The first-order chi connectivity index (χ1) is 7.61. The predicted molar refractivity (Wildman–Crippen MR) is 61.6 cm³/mol. The molecule has 16 heavy (non-hydrogen) atoms. The Balaban J connectivity index is 2.34. The van der Waals surface area contributed by atoms with E-state index in [2.05, 4.69) is 4.98 Å². The number of hydrogen-bond acceptors (Lipinski definition) is 3. The fourth-order valence-electron chi connectivity index (χ4n) is 2.36. The Morgan fingerprint density at radius 1 is 1.44 bits per heavy atom. The van der Waals surface area contributed by atoms with E-state index in [1.54, 1.807) is 12.4 Å². The zero-order valence-electron chi connectivity index (χ0n) is 9.63. The molecule has 2 atom stereocenters. The van der Waals surface area contributed by atoms with Gasteiger partial charge in [0.2, 0.25) is 5.91 Å². The van der Waals surface area contributed by atoms with Crippen molar-refractivity contribution in [2.75, 3.05) is 0 Å². The van der Waals surface area contributed by atoms with Crippen LogP contribution in [-0.2, 0) is 4.79 Å². The van der Waals surface area contributed by atoms with Gasteiger partial charge in [0.05, 0.1) is 6.04 Å². The number of amides is 1. The van der Waals surface area contributed by atoms with Crippen LogP contribution in [0.1, 0.15) is 31.9 Å². The highest BCUT2D eigenvalue weighted by Gasteiger charge is 2.39. The number of rotatable bonds is 2. The molecule has 2 unspecified atom stereocenters. The van der Waals surface area contributed by atoms with Crippen molar-refractivity contribution in [3.8, 4) is 0 Å². The Hall–Kier alpha value is -1.42. The Bertz CT molecular complexity index is 377. The Morgan fingerprint density at radius 3 is 2.62 bits per heavy atom. The molecular formula is C12H17N3O. The van der Waals surface area contributed by atoms with Crippen molar-refractivity contribution in [1.82, 2.24) is 9.88 Å². The fraction of sp³-hybridized carbons (Fsp3) is 0.500. The maximum atomic E-state index is 11.8. The highest BCUT2D eigenvalue weighted by atomic mass is 16.2. The number of nitrogens with zero attached hydrogens (tertiary/aromatic N) is 2. The third kappa shape index (κ3) is 1.80. The van der Waals surface area contributed by atoms with Crippen LogP contribution in [-0.4, -0.2) is 27.9 Å². The number of hydrogen-bond donors (Lipinski definition) is 1. The lowest BCUT2D eigenvalue weighted by atomic mass is 10.0. The molecule has 1 aliphatic heterocycles. The van der Waals surface area contributed by atoms with Crippen LogP contribution in [0.25, 0.3) is 0 Å². The van der Waals surface area contributed by atoms with Crippen LogP contribution in [0.3, 0.4) is 0 Å². The van der Waals surface area contributed by atoms with Crippen LogP contribution in [0.2, 0.25) is 0 Å². The third-order valence-electron chi connectivity index (χ3n) is 3.01. The highest BCUT2D eigenvalue weighted by molar-refractivity contribution is 5.80. The second kappa shape index (κ2) is 4.22. The standard InChI is InChI=1S/C12H17N3O/c1-8(2)15-11(16)7-10(13)12(15)9-3-5-14-6-4-9/h3-6,8,10,12H,7,13H2,1-2H3. The highest BCUT2D eigenvalue weighted by Crippen LogP contribution is 2.33. The van der Waals surface area contributed by atoms with Gasteiger partial charge >= 0.3 is 0 Å². The molecule has 86 valence electrons. The summed E-state index contributed by atoms with van der Waals surface area (Å²) in [4.78, 5) is 17.7. The van der Waals surface area contributed by atoms with E-state index in [9.17, 15) is 4.79 Å². The molecule has 0 saturated carbocycles. The van der Waals surface area contributed by atoms with Crippen LogP contribution < -0.4 is 5.73 Å². The van der Waals surface area contributed by atoms with Gasteiger partial charge in [-0.25, -0.2) is 0 Å². The number of pyridine rings is 1. The first-order valence-corrected chi connectivity index (χ1v) is 5.58. The second-order valence-corrected chi connectivity index (χ2v) is 4.49. The minimum atomic E-state index is -0.114. The van der Waals surface area contributed by atoms with E-state index >= 15 is 0 Å². The average molecular weight is 219 g/mol. The predicted octanol–water partition coefficient (Wildman–Crippen LogP) is 1.09. The molecule has 4 nitrogen and oxygen atoms in total. The maximum absolute atomic E-state index is 11.8. The average Bonchev–Trinajstić information content (AvgIpc) is 2.55. The number of nitrogens with two attached hydrogens (primary N) is 1. The first-order valence-electron chi connectivity index (χ1n) is 5.58. The number of carbonyl (C=O) groups is 1. The molecule has 1 fully saturated rings. The van der Waals surface area contributed by atoms with Gasteiger partial charge in [-0.2, -0.15) is 0 Å². The normalized spacial score (nSPS) is 25.5. The first kappa shape index (κ1) is 11.1. The molecule has 1 saturated heterocycles. The molecular weight excluding hydrogens is 202 g/mol. The van der Waals surface area contributed by atoms with Crippen LogP contribution in [0.15, 0.2) is 24.5 Å². The van der Waals surface area contributed by atoms with Gasteiger partial charge in [-0.15, -0.1) is 0 Å². The summed E-state index contributed by atoms with van der Waals surface area (Å²) in [5.74, 6) is 0.143. The van der Waals surface area contributed by atoms with Gasteiger partial charge in [0.1, 0.15) is 0 Å².